The van der Waals surface area contributed by atoms with E-state index in [-0.39, 0.29) is 5.78 Å². The molecular weight excluding hydrogens is 290 g/mol. The molecular formula is C18H17N3O2. The van der Waals surface area contributed by atoms with Gasteiger partial charge in [-0.05, 0) is 18.2 Å². The summed E-state index contributed by atoms with van der Waals surface area (Å²) in [6, 6.07) is 13.4. The minimum absolute atomic E-state index is 0.0578. The van der Waals surface area contributed by atoms with E-state index < -0.39 is 0 Å². The number of anilines is 1. The van der Waals surface area contributed by atoms with Gasteiger partial charge >= 0.3 is 0 Å². The Kier molecular flexibility index (Phi) is 3.55. The highest BCUT2D eigenvalue weighted by atomic mass is 16.5. The van der Waals surface area contributed by atoms with E-state index >= 15 is 0 Å². The van der Waals surface area contributed by atoms with Gasteiger partial charge in [0, 0.05) is 35.8 Å². The first kappa shape index (κ1) is 14.0. The second kappa shape index (κ2) is 5.85. The van der Waals surface area contributed by atoms with Crippen LogP contribution in [-0.2, 0) is 4.74 Å². The molecule has 23 heavy (non-hydrogen) atoms. The van der Waals surface area contributed by atoms with Crippen molar-refractivity contribution in [3.8, 4) is 0 Å². The first-order valence-corrected chi connectivity index (χ1v) is 7.73. The summed E-state index contributed by atoms with van der Waals surface area (Å²) in [6.07, 6.45) is 1.76. The average molecular weight is 307 g/mol. The number of benzene rings is 1. The molecule has 1 aliphatic rings. The number of nitrogens with one attached hydrogen (secondary N) is 1. The number of rotatable bonds is 3. The number of H-pyrrole nitrogens is 1. The van der Waals surface area contributed by atoms with Crippen molar-refractivity contribution in [2.45, 2.75) is 0 Å². The van der Waals surface area contributed by atoms with Gasteiger partial charge in [0.15, 0.2) is 0 Å². The maximum atomic E-state index is 12.8. The molecule has 1 aromatic carbocycles. The molecule has 5 nitrogen and oxygen atoms in total. The number of morpholine rings is 1. The lowest BCUT2D eigenvalue weighted by molar-refractivity contribution is 0.103. The molecule has 2 aromatic heterocycles. The third-order valence-electron chi connectivity index (χ3n) is 4.14. The van der Waals surface area contributed by atoms with E-state index in [1.165, 1.54) is 0 Å². The van der Waals surface area contributed by atoms with E-state index in [4.69, 9.17) is 4.74 Å². The van der Waals surface area contributed by atoms with Crippen LogP contribution in [0.15, 0.2) is 48.7 Å². The van der Waals surface area contributed by atoms with Crippen LogP contribution in [0.1, 0.15) is 16.1 Å². The topological polar surface area (TPSA) is 58.2 Å². The van der Waals surface area contributed by atoms with Crippen LogP contribution in [0.25, 0.3) is 10.9 Å². The molecule has 1 fully saturated rings. The van der Waals surface area contributed by atoms with E-state index in [1.54, 1.807) is 12.3 Å². The van der Waals surface area contributed by atoms with Crippen LogP contribution in [0.2, 0.25) is 0 Å². The normalized spacial score (nSPS) is 15.0. The van der Waals surface area contributed by atoms with E-state index in [2.05, 4.69) is 14.9 Å². The fraction of sp³-hybridized carbons (Fsp3) is 0.222. The van der Waals surface area contributed by atoms with Crippen LogP contribution in [0.3, 0.4) is 0 Å². The molecule has 0 unspecified atom stereocenters. The van der Waals surface area contributed by atoms with Gasteiger partial charge in [0.05, 0.1) is 13.2 Å². The van der Waals surface area contributed by atoms with Gasteiger partial charge in [-0.2, -0.15) is 0 Å². The summed E-state index contributed by atoms with van der Waals surface area (Å²) in [4.78, 5) is 22.7. The van der Waals surface area contributed by atoms with Crippen molar-refractivity contribution >= 4 is 22.5 Å². The summed E-state index contributed by atoms with van der Waals surface area (Å²) in [6.45, 7) is 3.00. The fourth-order valence-corrected chi connectivity index (χ4v) is 2.92. The summed E-state index contributed by atoms with van der Waals surface area (Å²) in [5, 5.41) is 0.927. The zero-order valence-corrected chi connectivity index (χ0v) is 12.7. The minimum atomic E-state index is -0.0578. The number of hydrogen-bond donors (Lipinski definition) is 1. The summed E-state index contributed by atoms with van der Waals surface area (Å²) >= 11 is 0. The Morgan fingerprint density at radius 2 is 1.91 bits per heavy atom. The Balaban J connectivity index is 1.68. The third-order valence-corrected chi connectivity index (χ3v) is 4.14. The van der Waals surface area contributed by atoms with Gasteiger partial charge in [0.1, 0.15) is 11.5 Å². The monoisotopic (exact) mass is 307 g/mol. The van der Waals surface area contributed by atoms with Gasteiger partial charge in [-0.3, -0.25) is 4.79 Å². The molecule has 0 spiro atoms. The van der Waals surface area contributed by atoms with Crippen LogP contribution in [0, 0.1) is 0 Å². The Labute approximate surface area is 133 Å². The molecule has 5 heteroatoms. The molecule has 0 radical (unpaired) electrons. The first-order valence-electron chi connectivity index (χ1n) is 7.73. The van der Waals surface area contributed by atoms with Gasteiger partial charge in [0.25, 0.3) is 0 Å². The molecule has 0 aliphatic carbocycles. The second-order valence-corrected chi connectivity index (χ2v) is 5.56. The third kappa shape index (κ3) is 2.59. The fourth-order valence-electron chi connectivity index (χ4n) is 2.92. The van der Waals surface area contributed by atoms with E-state index in [0.717, 1.165) is 29.8 Å². The van der Waals surface area contributed by atoms with Crippen molar-refractivity contribution in [1.29, 1.82) is 0 Å². The molecule has 1 saturated heterocycles. The molecule has 3 heterocycles. The number of fused-ring (bicyclic) bond motifs is 1. The van der Waals surface area contributed by atoms with E-state index in [9.17, 15) is 4.79 Å². The molecule has 0 atom stereocenters. The van der Waals surface area contributed by atoms with Gasteiger partial charge in [0.2, 0.25) is 5.78 Å². The Morgan fingerprint density at radius 1 is 1.09 bits per heavy atom. The maximum Gasteiger partial charge on any atom is 0.213 e. The van der Waals surface area contributed by atoms with Crippen molar-refractivity contribution in [3.63, 3.8) is 0 Å². The Morgan fingerprint density at radius 3 is 2.78 bits per heavy atom. The van der Waals surface area contributed by atoms with Gasteiger partial charge < -0.3 is 14.6 Å². The first-order chi connectivity index (χ1) is 11.3. The van der Waals surface area contributed by atoms with Crippen molar-refractivity contribution in [1.82, 2.24) is 9.97 Å². The molecule has 0 bridgehead atoms. The predicted molar refractivity (Wildman–Crippen MR) is 89.0 cm³/mol. The summed E-state index contributed by atoms with van der Waals surface area (Å²) < 4.78 is 5.37. The molecule has 0 amide bonds. The lowest BCUT2D eigenvalue weighted by atomic mass is 10.1. The number of ether oxygens (including phenoxy) is 1. The number of nitrogens with zero attached hydrogens (tertiary/aromatic N) is 2. The quantitative estimate of drug-likeness (QED) is 0.756. The minimum Gasteiger partial charge on any atom is -0.378 e. The number of hydrogen-bond acceptors (Lipinski definition) is 4. The van der Waals surface area contributed by atoms with Gasteiger partial charge in [-0.15, -0.1) is 0 Å². The smallest absolute Gasteiger partial charge is 0.213 e. The van der Waals surface area contributed by atoms with Crippen molar-refractivity contribution < 1.29 is 9.53 Å². The zero-order valence-electron chi connectivity index (χ0n) is 12.7. The van der Waals surface area contributed by atoms with Crippen LogP contribution >= 0.6 is 0 Å². The molecule has 116 valence electrons. The Bertz CT molecular complexity index is 850. The number of aromatic amines is 1. The summed E-state index contributed by atoms with van der Waals surface area (Å²) in [7, 11) is 0. The highest BCUT2D eigenvalue weighted by Gasteiger charge is 2.18. The molecule has 3 aromatic rings. The van der Waals surface area contributed by atoms with E-state index in [0.29, 0.717) is 24.5 Å². The largest absolute Gasteiger partial charge is 0.378 e. The highest BCUT2D eigenvalue weighted by molar-refractivity contribution is 6.15. The number of carbonyl (C=O) groups excluding carboxylic acids is 1. The molecule has 1 aliphatic heterocycles. The average Bonchev–Trinajstić information content (AvgIpc) is 3.06. The number of aromatic nitrogens is 2. The van der Waals surface area contributed by atoms with Crippen molar-refractivity contribution in [2.24, 2.45) is 0 Å². The maximum absolute atomic E-state index is 12.8. The highest BCUT2D eigenvalue weighted by Crippen LogP contribution is 2.21. The number of carbonyl (C=O) groups is 1. The van der Waals surface area contributed by atoms with Crippen molar-refractivity contribution in [3.05, 3.63) is 59.9 Å². The lowest BCUT2D eigenvalue weighted by Gasteiger charge is -2.27. The van der Waals surface area contributed by atoms with Gasteiger partial charge in [-0.25, -0.2) is 4.98 Å². The molecule has 4 rings (SSSR count). The van der Waals surface area contributed by atoms with Crippen LogP contribution in [-0.4, -0.2) is 42.1 Å². The zero-order chi connectivity index (χ0) is 15.6. The second-order valence-electron chi connectivity index (χ2n) is 5.56. The van der Waals surface area contributed by atoms with Gasteiger partial charge in [-0.1, -0.05) is 24.3 Å². The SMILES string of the molecule is O=C(c1cccc(N2CCOCC2)n1)c1c[nH]c2ccccc12. The standard InChI is InChI=1S/C18H17N3O2/c22-18(14-12-19-15-5-2-1-4-13(14)15)16-6-3-7-17(20-16)21-8-10-23-11-9-21/h1-7,12,19H,8-11H2. The van der Waals surface area contributed by atoms with Crippen molar-refractivity contribution in [2.75, 3.05) is 31.2 Å². The molecule has 0 saturated carbocycles. The van der Waals surface area contributed by atoms with Crippen LogP contribution in [0.4, 0.5) is 5.82 Å². The molecule has 1 N–H and O–H groups in total. The van der Waals surface area contributed by atoms with Crippen LogP contribution in [0.5, 0.6) is 0 Å². The number of pyridine rings is 1. The number of para-hydroxylation sites is 1. The van der Waals surface area contributed by atoms with E-state index in [1.807, 2.05) is 36.4 Å². The van der Waals surface area contributed by atoms with Crippen LogP contribution < -0.4 is 4.90 Å². The lowest BCUT2D eigenvalue weighted by Crippen LogP contribution is -2.36. The Hall–Kier alpha value is -2.66. The number of ketones is 1. The summed E-state index contributed by atoms with van der Waals surface area (Å²) in [5.41, 5.74) is 2.09. The summed E-state index contributed by atoms with van der Waals surface area (Å²) in [5.74, 6) is 0.775. The predicted octanol–water partition coefficient (Wildman–Crippen LogP) is 2.63.